The van der Waals surface area contributed by atoms with Crippen molar-refractivity contribution in [3.63, 3.8) is 0 Å². The molecule has 2 atom stereocenters. The lowest BCUT2D eigenvalue weighted by atomic mass is 10.1. The molecule has 0 bridgehead atoms. The number of nitrogens with one attached hydrogen (secondary N) is 1. The van der Waals surface area contributed by atoms with E-state index in [1.807, 2.05) is 13.8 Å². The van der Waals surface area contributed by atoms with Crippen LogP contribution in [0.2, 0.25) is 0 Å². The van der Waals surface area contributed by atoms with Crippen LogP contribution in [0, 0.1) is 5.92 Å². The highest BCUT2D eigenvalue weighted by Gasteiger charge is 2.38. The van der Waals surface area contributed by atoms with Gasteiger partial charge in [-0.05, 0) is 32.9 Å². The number of esters is 1. The molecule has 9 nitrogen and oxygen atoms in total. The molecule has 1 aromatic heterocycles. The lowest BCUT2D eigenvalue weighted by Gasteiger charge is -2.20. The van der Waals surface area contributed by atoms with Crippen LogP contribution in [-0.4, -0.2) is 47.3 Å². The summed E-state index contributed by atoms with van der Waals surface area (Å²) in [6.45, 7) is 5.55. The van der Waals surface area contributed by atoms with E-state index in [0.717, 1.165) is 0 Å². The first-order valence-corrected chi connectivity index (χ1v) is 9.80. The molecule has 9 heteroatoms. The van der Waals surface area contributed by atoms with Crippen LogP contribution in [0.1, 0.15) is 33.2 Å². The molecule has 0 spiro atoms. The van der Waals surface area contributed by atoms with Crippen LogP contribution >= 0.6 is 0 Å². The van der Waals surface area contributed by atoms with E-state index >= 15 is 0 Å². The van der Waals surface area contributed by atoms with Gasteiger partial charge in [0.1, 0.15) is 11.6 Å². The molecule has 1 aromatic carbocycles. The molecule has 160 valence electrons. The van der Waals surface area contributed by atoms with E-state index < -0.39 is 23.9 Å². The Balaban J connectivity index is 1.61. The maximum Gasteiger partial charge on any atom is 0.312 e. The molecule has 3 rings (SSSR count). The first-order valence-electron chi connectivity index (χ1n) is 9.80. The van der Waals surface area contributed by atoms with Gasteiger partial charge in [0.15, 0.2) is 6.10 Å². The number of amides is 2. The Bertz CT molecular complexity index is 939. The van der Waals surface area contributed by atoms with E-state index in [4.69, 9.17) is 9.47 Å². The Morgan fingerprint density at radius 2 is 1.93 bits per heavy atom. The second kappa shape index (κ2) is 8.98. The number of carbonyl (C=O) groups is 3. The van der Waals surface area contributed by atoms with E-state index in [0.29, 0.717) is 17.3 Å². The molecular weight excluding hydrogens is 388 g/mol. The van der Waals surface area contributed by atoms with Crippen LogP contribution in [0.4, 0.5) is 11.5 Å². The van der Waals surface area contributed by atoms with Crippen LogP contribution in [0.15, 0.2) is 36.5 Å². The van der Waals surface area contributed by atoms with Crippen molar-refractivity contribution < 1.29 is 23.9 Å². The number of benzene rings is 1. The summed E-state index contributed by atoms with van der Waals surface area (Å²) in [4.78, 5) is 39.0. The number of rotatable bonds is 7. The molecule has 1 fully saturated rings. The van der Waals surface area contributed by atoms with Gasteiger partial charge in [0.2, 0.25) is 5.91 Å². The molecule has 2 amide bonds. The number of para-hydroxylation sites is 2. The van der Waals surface area contributed by atoms with Crippen LogP contribution in [-0.2, 0) is 19.1 Å². The Labute approximate surface area is 174 Å². The number of hydrogen-bond acceptors (Lipinski definition) is 6. The third-order valence-corrected chi connectivity index (χ3v) is 4.91. The van der Waals surface area contributed by atoms with Crippen molar-refractivity contribution in [2.45, 2.75) is 39.3 Å². The molecule has 0 radical (unpaired) electrons. The number of aromatic nitrogens is 2. The zero-order chi connectivity index (χ0) is 21.8. The van der Waals surface area contributed by atoms with Crippen LogP contribution < -0.4 is 15.0 Å². The standard InChI is InChI=1S/C21H26N4O5/c1-13(2)25-18(9-10-22-25)23-20(27)14(3)30-21(28)15-11-19(26)24(12-15)16-7-5-6-8-17(16)29-4/h5-10,13-15H,11-12H2,1-4H3,(H,23,27). The Kier molecular flexibility index (Phi) is 6.39. The zero-order valence-electron chi connectivity index (χ0n) is 17.5. The fourth-order valence-electron chi connectivity index (χ4n) is 3.33. The van der Waals surface area contributed by atoms with Crippen LogP contribution in [0.5, 0.6) is 5.75 Å². The zero-order valence-corrected chi connectivity index (χ0v) is 17.5. The SMILES string of the molecule is COc1ccccc1N1CC(C(=O)OC(C)C(=O)Nc2ccnn2C(C)C)CC1=O. The van der Waals surface area contributed by atoms with Gasteiger partial charge in [0, 0.05) is 25.1 Å². The van der Waals surface area contributed by atoms with E-state index in [2.05, 4.69) is 10.4 Å². The van der Waals surface area contributed by atoms with Gasteiger partial charge in [-0.15, -0.1) is 0 Å². The maximum atomic E-state index is 12.6. The van der Waals surface area contributed by atoms with E-state index in [-0.39, 0.29) is 24.9 Å². The third kappa shape index (κ3) is 4.45. The van der Waals surface area contributed by atoms with Crippen molar-refractivity contribution in [1.82, 2.24) is 9.78 Å². The summed E-state index contributed by atoms with van der Waals surface area (Å²) in [6, 6.07) is 8.86. The largest absolute Gasteiger partial charge is 0.495 e. The monoisotopic (exact) mass is 414 g/mol. The van der Waals surface area contributed by atoms with Crippen molar-refractivity contribution in [2.24, 2.45) is 5.92 Å². The predicted molar refractivity (Wildman–Crippen MR) is 110 cm³/mol. The van der Waals surface area contributed by atoms with Crippen LogP contribution in [0.25, 0.3) is 0 Å². The Morgan fingerprint density at radius 3 is 2.63 bits per heavy atom. The molecule has 1 aliphatic heterocycles. The van der Waals surface area contributed by atoms with Gasteiger partial charge in [0.25, 0.3) is 5.91 Å². The quantitative estimate of drug-likeness (QED) is 0.698. The Hall–Kier alpha value is -3.36. The first kappa shape index (κ1) is 21.4. The van der Waals surface area contributed by atoms with Gasteiger partial charge in [0.05, 0.1) is 24.9 Å². The van der Waals surface area contributed by atoms with Gasteiger partial charge < -0.3 is 19.7 Å². The molecule has 1 N–H and O–H groups in total. The molecule has 0 saturated carbocycles. The molecule has 1 saturated heterocycles. The summed E-state index contributed by atoms with van der Waals surface area (Å²) in [5.74, 6) is -0.818. The van der Waals surface area contributed by atoms with Crippen molar-refractivity contribution >= 4 is 29.3 Å². The molecule has 2 heterocycles. The minimum atomic E-state index is -1.01. The highest BCUT2D eigenvalue weighted by atomic mass is 16.5. The van der Waals surface area contributed by atoms with E-state index in [1.165, 1.54) is 18.9 Å². The fraction of sp³-hybridized carbons (Fsp3) is 0.429. The van der Waals surface area contributed by atoms with Crippen molar-refractivity contribution in [2.75, 3.05) is 23.9 Å². The maximum absolute atomic E-state index is 12.6. The number of methoxy groups -OCH3 is 1. The minimum absolute atomic E-state index is 0.0192. The fourth-order valence-corrected chi connectivity index (χ4v) is 3.33. The summed E-state index contributed by atoms with van der Waals surface area (Å²) in [6.07, 6.45) is 0.595. The summed E-state index contributed by atoms with van der Waals surface area (Å²) >= 11 is 0. The number of hydrogen-bond donors (Lipinski definition) is 1. The van der Waals surface area contributed by atoms with E-state index in [1.54, 1.807) is 41.2 Å². The average molecular weight is 414 g/mol. The number of nitrogens with zero attached hydrogens (tertiary/aromatic N) is 3. The van der Waals surface area contributed by atoms with Crippen molar-refractivity contribution in [3.05, 3.63) is 36.5 Å². The third-order valence-electron chi connectivity index (χ3n) is 4.91. The van der Waals surface area contributed by atoms with Crippen molar-refractivity contribution in [1.29, 1.82) is 0 Å². The predicted octanol–water partition coefficient (Wildman–Crippen LogP) is 2.40. The van der Waals surface area contributed by atoms with Crippen LogP contribution in [0.3, 0.4) is 0 Å². The topological polar surface area (TPSA) is 103 Å². The molecule has 1 aliphatic rings. The lowest BCUT2D eigenvalue weighted by molar-refractivity contribution is -0.157. The molecule has 2 unspecified atom stereocenters. The molecule has 30 heavy (non-hydrogen) atoms. The smallest absolute Gasteiger partial charge is 0.312 e. The first-order chi connectivity index (χ1) is 14.3. The van der Waals surface area contributed by atoms with Gasteiger partial charge in [-0.1, -0.05) is 12.1 Å². The van der Waals surface area contributed by atoms with Crippen molar-refractivity contribution in [3.8, 4) is 5.75 Å². The summed E-state index contributed by atoms with van der Waals surface area (Å²) in [7, 11) is 1.52. The minimum Gasteiger partial charge on any atom is -0.495 e. The summed E-state index contributed by atoms with van der Waals surface area (Å²) in [5, 5.41) is 6.87. The normalized spacial score (nSPS) is 17.2. The second-order valence-electron chi connectivity index (χ2n) is 7.40. The molecular formula is C21H26N4O5. The molecule has 0 aliphatic carbocycles. The van der Waals surface area contributed by atoms with Gasteiger partial charge in [-0.2, -0.15) is 5.10 Å². The lowest BCUT2D eigenvalue weighted by Crippen LogP contribution is -2.34. The van der Waals surface area contributed by atoms with Gasteiger partial charge in [-0.25, -0.2) is 4.68 Å². The average Bonchev–Trinajstić information content (AvgIpc) is 3.34. The van der Waals surface area contributed by atoms with E-state index in [9.17, 15) is 14.4 Å². The summed E-state index contributed by atoms with van der Waals surface area (Å²) in [5.41, 5.74) is 0.605. The highest BCUT2D eigenvalue weighted by Crippen LogP contribution is 2.33. The van der Waals surface area contributed by atoms with Gasteiger partial charge in [-0.3, -0.25) is 14.4 Å². The number of anilines is 2. The Morgan fingerprint density at radius 1 is 1.20 bits per heavy atom. The summed E-state index contributed by atoms with van der Waals surface area (Å²) < 4.78 is 12.3. The van der Waals surface area contributed by atoms with Gasteiger partial charge >= 0.3 is 5.97 Å². The molecule has 2 aromatic rings. The second-order valence-corrected chi connectivity index (χ2v) is 7.40. The number of carbonyl (C=O) groups excluding carboxylic acids is 3. The number of ether oxygens (including phenoxy) is 2. The highest BCUT2D eigenvalue weighted by molar-refractivity contribution is 6.01.